The van der Waals surface area contributed by atoms with Crippen LogP contribution >= 0.6 is 23.5 Å². The molecule has 1 saturated heterocycles. The molecule has 0 radical (unpaired) electrons. The topological polar surface area (TPSA) is 222 Å². The summed E-state index contributed by atoms with van der Waals surface area (Å²) in [6.45, 7) is -0.763. The zero-order chi connectivity index (χ0) is 24.3. The summed E-state index contributed by atoms with van der Waals surface area (Å²) in [5.74, 6) is 0.640. The molecule has 0 bridgehead atoms. The first-order valence-electron chi connectivity index (χ1n) is 8.77. The molecule has 184 valence electrons. The monoisotopic (exact) mass is 523 g/mol. The van der Waals surface area contributed by atoms with Gasteiger partial charge in [0.1, 0.15) is 30.2 Å². The van der Waals surface area contributed by atoms with Gasteiger partial charge in [-0.15, -0.1) is 0 Å². The molecule has 0 aromatic heterocycles. The maximum atomic E-state index is 11.8. The van der Waals surface area contributed by atoms with E-state index < -0.39 is 54.5 Å². The minimum Gasteiger partial charge on any atom is -0.497 e. The van der Waals surface area contributed by atoms with Crippen molar-refractivity contribution in [3.05, 3.63) is 24.3 Å². The van der Waals surface area contributed by atoms with Crippen LogP contribution in [0.1, 0.15) is 0 Å². The van der Waals surface area contributed by atoms with E-state index in [1.807, 2.05) is 0 Å². The van der Waals surface area contributed by atoms with Crippen LogP contribution in [0.15, 0.2) is 24.3 Å². The molecular formula is C14H24NO14P3. The molecule has 0 spiro atoms. The van der Waals surface area contributed by atoms with Crippen molar-refractivity contribution in [3.8, 4) is 5.75 Å². The average molecular weight is 523 g/mol. The molecule has 6 atom stereocenters. The van der Waals surface area contributed by atoms with Crippen molar-refractivity contribution in [1.82, 2.24) is 0 Å². The second-order valence-corrected chi connectivity index (χ2v) is 11.1. The third-order valence-electron chi connectivity index (χ3n) is 4.25. The van der Waals surface area contributed by atoms with Crippen LogP contribution in [0.4, 0.5) is 5.69 Å². The zero-order valence-electron chi connectivity index (χ0n) is 16.8. The van der Waals surface area contributed by atoms with E-state index in [1.165, 1.54) is 7.11 Å². The number of likely N-dealkylation sites (N-methyl/N-ethyl adjacent to an activating group) is 1. The Labute approximate surface area is 182 Å². The zero-order valence-corrected chi connectivity index (χ0v) is 19.5. The normalized spacial score (nSPS) is 27.5. The molecule has 0 aliphatic carbocycles. The Morgan fingerprint density at radius 3 is 2.03 bits per heavy atom. The third-order valence-corrected chi connectivity index (χ3v) is 8.05. The maximum absolute atomic E-state index is 11.8. The van der Waals surface area contributed by atoms with Gasteiger partial charge in [-0.25, -0.2) is 13.7 Å². The lowest BCUT2D eigenvalue weighted by atomic mass is 10.1. The molecular weight excluding hydrogens is 499 g/mol. The highest BCUT2D eigenvalue weighted by Crippen LogP contribution is 2.66. The number of aliphatic hydroxyl groups excluding tert-OH is 2. The molecule has 1 aromatic rings. The van der Waals surface area contributed by atoms with Gasteiger partial charge in [0.25, 0.3) is 0 Å². The fourth-order valence-electron chi connectivity index (χ4n) is 2.80. The summed E-state index contributed by atoms with van der Waals surface area (Å²) in [7, 11) is -13.3. The van der Waals surface area contributed by atoms with Crippen LogP contribution in [0.2, 0.25) is 0 Å². The van der Waals surface area contributed by atoms with E-state index in [1.54, 1.807) is 36.2 Å². The second-order valence-electron chi connectivity index (χ2n) is 6.66. The van der Waals surface area contributed by atoms with Gasteiger partial charge in [-0.2, -0.15) is 8.62 Å². The lowest BCUT2D eigenvalue weighted by molar-refractivity contribution is -0.0191. The quantitative estimate of drug-likeness (QED) is 0.210. The van der Waals surface area contributed by atoms with E-state index >= 15 is 0 Å². The van der Waals surface area contributed by atoms with Crippen LogP contribution in [0.5, 0.6) is 5.75 Å². The first-order chi connectivity index (χ1) is 14.6. The van der Waals surface area contributed by atoms with Gasteiger partial charge < -0.3 is 44.2 Å². The number of phosphoric ester groups is 1. The van der Waals surface area contributed by atoms with Gasteiger partial charge in [0.15, 0.2) is 0 Å². The lowest BCUT2D eigenvalue weighted by Crippen LogP contribution is -2.39. The number of nitrogens with zero attached hydrogens (tertiary/aromatic N) is 1. The maximum Gasteiger partial charge on any atom is 0.490 e. The van der Waals surface area contributed by atoms with Crippen molar-refractivity contribution in [2.24, 2.45) is 0 Å². The van der Waals surface area contributed by atoms with Crippen molar-refractivity contribution in [2.45, 2.75) is 24.4 Å². The number of phosphoric acid groups is 3. The molecule has 3 unspecified atom stereocenters. The molecule has 0 saturated carbocycles. The summed E-state index contributed by atoms with van der Waals surface area (Å²) in [5, 5.41) is 20.3. The molecule has 1 heterocycles. The Morgan fingerprint density at radius 1 is 0.938 bits per heavy atom. The van der Waals surface area contributed by atoms with Crippen molar-refractivity contribution >= 4 is 29.2 Å². The number of hydrogen-bond acceptors (Lipinski definition) is 11. The van der Waals surface area contributed by atoms with Gasteiger partial charge in [0.05, 0.1) is 13.7 Å². The predicted molar refractivity (Wildman–Crippen MR) is 107 cm³/mol. The molecule has 1 fully saturated rings. The first-order valence-corrected chi connectivity index (χ1v) is 13.3. The van der Waals surface area contributed by atoms with Gasteiger partial charge in [-0.05, 0) is 24.3 Å². The molecule has 1 aromatic carbocycles. The van der Waals surface area contributed by atoms with Gasteiger partial charge in [-0.3, -0.25) is 4.52 Å². The Hall–Kier alpha value is -0.890. The minimum atomic E-state index is -5.66. The summed E-state index contributed by atoms with van der Waals surface area (Å²) in [6.07, 6.45) is -5.21. The van der Waals surface area contributed by atoms with E-state index in [0.717, 1.165) is 5.69 Å². The SMILES string of the molecule is COc1ccc(N(C)CC2O[C@H](COP(=O)(O)OP(=O)(O)OP(=O)(O)O)[C@@H](O)[C@H]2O)cc1. The van der Waals surface area contributed by atoms with Crippen LogP contribution in [0.3, 0.4) is 0 Å². The smallest absolute Gasteiger partial charge is 0.490 e. The number of aliphatic hydroxyl groups is 2. The number of rotatable bonds is 11. The molecule has 0 amide bonds. The van der Waals surface area contributed by atoms with Gasteiger partial charge in [0.2, 0.25) is 0 Å². The van der Waals surface area contributed by atoms with E-state index in [4.69, 9.17) is 24.2 Å². The van der Waals surface area contributed by atoms with Crippen molar-refractivity contribution in [1.29, 1.82) is 0 Å². The molecule has 15 nitrogen and oxygen atoms in total. The molecule has 2 rings (SSSR count). The Bertz CT molecular complexity index is 906. The van der Waals surface area contributed by atoms with Crippen LogP contribution in [0, 0.1) is 0 Å². The third kappa shape index (κ3) is 8.15. The van der Waals surface area contributed by atoms with Crippen molar-refractivity contribution in [2.75, 3.05) is 32.2 Å². The van der Waals surface area contributed by atoms with Crippen molar-refractivity contribution < 1.29 is 66.1 Å². The second kappa shape index (κ2) is 10.6. The van der Waals surface area contributed by atoms with Crippen LogP contribution in [0.25, 0.3) is 0 Å². The number of anilines is 1. The fraction of sp³-hybridized carbons (Fsp3) is 0.571. The number of hydrogen-bond donors (Lipinski definition) is 6. The van der Waals surface area contributed by atoms with E-state index in [-0.39, 0.29) is 6.54 Å². The van der Waals surface area contributed by atoms with Gasteiger partial charge in [-0.1, -0.05) is 0 Å². The largest absolute Gasteiger partial charge is 0.497 e. The molecule has 6 N–H and O–H groups in total. The molecule has 32 heavy (non-hydrogen) atoms. The summed E-state index contributed by atoms with van der Waals surface area (Å²) >= 11 is 0. The van der Waals surface area contributed by atoms with Crippen LogP contribution in [-0.4, -0.2) is 81.5 Å². The Morgan fingerprint density at radius 2 is 1.50 bits per heavy atom. The van der Waals surface area contributed by atoms with Gasteiger partial charge >= 0.3 is 23.5 Å². The molecule has 1 aliphatic rings. The fourth-order valence-corrected chi connectivity index (χ4v) is 5.83. The standard InChI is InChI=1S/C14H24NO14P3/c1-15(9-3-5-10(25-2)6-4-9)7-11-13(16)14(17)12(27-11)8-26-31(21,22)29-32(23,24)28-30(18,19)20/h3-6,11-14,16-17H,7-8H2,1-2H3,(H,21,22)(H,23,24)(H2,18,19,20)/t11?,12-,13+,14-/m1/s1. The van der Waals surface area contributed by atoms with Crippen molar-refractivity contribution in [3.63, 3.8) is 0 Å². The van der Waals surface area contributed by atoms with E-state index in [2.05, 4.69) is 13.1 Å². The predicted octanol–water partition coefficient (Wildman–Crippen LogP) is -0.0361. The van der Waals surface area contributed by atoms with E-state index in [9.17, 15) is 28.8 Å². The number of ether oxygens (including phenoxy) is 2. The Balaban J connectivity index is 1.94. The Kier molecular flexibility index (Phi) is 9.04. The van der Waals surface area contributed by atoms with Crippen LogP contribution < -0.4 is 9.64 Å². The average Bonchev–Trinajstić information content (AvgIpc) is 2.91. The van der Waals surface area contributed by atoms with E-state index in [0.29, 0.717) is 5.75 Å². The highest BCUT2D eigenvalue weighted by atomic mass is 31.3. The van der Waals surface area contributed by atoms with Gasteiger partial charge in [0, 0.05) is 19.3 Å². The molecule has 1 aliphatic heterocycles. The summed E-state index contributed by atoms with van der Waals surface area (Å²) in [6, 6.07) is 6.95. The van der Waals surface area contributed by atoms with Crippen LogP contribution in [-0.2, 0) is 31.6 Å². The number of methoxy groups -OCH3 is 1. The molecule has 18 heteroatoms. The minimum absolute atomic E-state index is 0.107. The summed E-state index contributed by atoms with van der Waals surface area (Å²) in [4.78, 5) is 37.3. The summed E-state index contributed by atoms with van der Waals surface area (Å²) < 4.78 is 55.9. The summed E-state index contributed by atoms with van der Waals surface area (Å²) in [5.41, 5.74) is 0.743. The highest BCUT2D eigenvalue weighted by molar-refractivity contribution is 7.66. The first kappa shape index (κ1) is 27.4. The lowest BCUT2D eigenvalue weighted by Gasteiger charge is -2.25. The number of benzene rings is 1. The highest BCUT2D eigenvalue weighted by Gasteiger charge is 2.46.